The molecule has 2 fully saturated rings. The Hall–Kier alpha value is -2.39. The Morgan fingerprint density at radius 1 is 0.879 bits per heavy atom. The van der Waals surface area contributed by atoms with Gasteiger partial charge in [-0.1, -0.05) is 23.9 Å². The minimum absolute atomic E-state index is 0.107. The molecule has 2 saturated heterocycles. The molecule has 0 aliphatic carbocycles. The van der Waals surface area contributed by atoms with Crippen LogP contribution in [0.25, 0.3) is 5.69 Å². The minimum atomic E-state index is 0.107. The van der Waals surface area contributed by atoms with Gasteiger partial charge >= 0.3 is 0 Å². The van der Waals surface area contributed by atoms with Crippen LogP contribution in [0.15, 0.2) is 23.4 Å². The van der Waals surface area contributed by atoms with Crippen LogP contribution in [-0.2, 0) is 9.59 Å². The lowest BCUT2D eigenvalue weighted by Crippen LogP contribution is -2.52. The van der Waals surface area contributed by atoms with Gasteiger partial charge in [0.15, 0.2) is 5.16 Å². The average molecular weight is 471 g/mol. The number of carbonyl (C=O) groups is 2. The van der Waals surface area contributed by atoms with Crippen LogP contribution < -0.4 is 0 Å². The second kappa shape index (κ2) is 10.7. The van der Waals surface area contributed by atoms with Gasteiger partial charge in [0.2, 0.25) is 11.8 Å². The molecule has 3 heterocycles. The summed E-state index contributed by atoms with van der Waals surface area (Å²) >= 11 is 1.43. The number of likely N-dealkylation sites (tertiary alicyclic amines) is 1. The van der Waals surface area contributed by atoms with Gasteiger partial charge in [-0.25, -0.2) is 0 Å². The molecule has 0 saturated carbocycles. The number of hydrogen-bond donors (Lipinski definition) is 0. The molecule has 0 radical (unpaired) electrons. The smallest absolute Gasteiger partial charge is 0.236 e. The molecule has 178 valence electrons. The van der Waals surface area contributed by atoms with E-state index in [-0.39, 0.29) is 11.8 Å². The van der Waals surface area contributed by atoms with Crippen molar-refractivity contribution in [2.45, 2.75) is 45.2 Å². The molecule has 1 aromatic carbocycles. The molecule has 9 heteroatoms. The second-order valence-electron chi connectivity index (χ2n) is 9.04. The number of benzene rings is 1. The van der Waals surface area contributed by atoms with E-state index in [0.29, 0.717) is 25.4 Å². The summed E-state index contributed by atoms with van der Waals surface area (Å²) in [6.07, 6.45) is 3.45. The molecule has 0 unspecified atom stereocenters. The standard InChI is InChI=1S/C24H34N6O2S/c1-18-7-8-19(2)21(15-18)30-20(3)25-26-24(30)33-17-23(32)29-13-11-27(12-14-29)16-22(31)28-9-5-4-6-10-28/h7-8,15H,4-6,9-14,16-17H2,1-3H3. The summed E-state index contributed by atoms with van der Waals surface area (Å²) in [5, 5.41) is 9.32. The van der Waals surface area contributed by atoms with Gasteiger partial charge in [0.25, 0.3) is 0 Å². The summed E-state index contributed by atoms with van der Waals surface area (Å²) in [6, 6.07) is 6.32. The van der Waals surface area contributed by atoms with E-state index >= 15 is 0 Å². The highest BCUT2D eigenvalue weighted by Gasteiger charge is 2.25. The van der Waals surface area contributed by atoms with Crippen molar-refractivity contribution in [3.8, 4) is 5.69 Å². The molecule has 4 rings (SSSR count). The van der Waals surface area contributed by atoms with E-state index < -0.39 is 0 Å². The number of rotatable bonds is 6. The van der Waals surface area contributed by atoms with Crippen molar-refractivity contribution >= 4 is 23.6 Å². The molecule has 0 bridgehead atoms. The van der Waals surface area contributed by atoms with Gasteiger partial charge < -0.3 is 9.80 Å². The largest absolute Gasteiger partial charge is 0.342 e. The molecular weight excluding hydrogens is 436 g/mol. The van der Waals surface area contributed by atoms with E-state index in [1.807, 2.05) is 21.3 Å². The molecule has 2 amide bonds. The summed E-state index contributed by atoms with van der Waals surface area (Å²) in [6.45, 7) is 11.1. The highest BCUT2D eigenvalue weighted by molar-refractivity contribution is 7.99. The number of nitrogens with zero attached hydrogens (tertiary/aromatic N) is 6. The van der Waals surface area contributed by atoms with Gasteiger partial charge in [0, 0.05) is 39.3 Å². The molecule has 0 N–H and O–H groups in total. The van der Waals surface area contributed by atoms with Crippen LogP contribution in [0.2, 0.25) is 0 Å². The molecule has 0 atom stereocenters. The van der Waals surface area contributed by atoms with Gasteiger partial charge in [-0.15, -0.1) is 10.2 Å². The number of amides is 2. The summed E-state index contributed by atoms with van der Waals surface area (Å²) in [5.74, 6) is 1.47. The van der Waals surface area contributed by atoms with Gasteiger partial charge in [-0.2, -0.15) is 0 Å². The number of aryl methyl sites for hydroxylation is 3. The van der Waals surface area contributed by atoms with E-state index in [0.717, 1.165) is 61.3 Å². The SMILES string of the molecule is Cc1ccc(C)c(-n2c(C)nnc2SCC(=O)N2CCN(CC(=O)N3CCCCC3)CC2)c1. The highest BCUT2D eigenvalue weighted by Crippen LogP contribution is 2.25. The fourth-order valence-corrected chi connectivity index (χ4v) is 5.37. The molecule has 2 aromatic rings. The summed E-state index contributed by atoms with van der Waals surface area (Å²) < 4.78 is 2.03. The Labute approximate surface area is 200 Å². The number of thioether (sulfide) groups is 1. The zero-order valence-electron chi connectivity index (χ0n) is 19.9. The van der Waals surface area contributed by atoms with Crippen molar-refractivity contribution in [1.82, 2.24) is 29.5 Å². The minimum Gasteiger partial charge on any atom is -0.342 e. The van der Waals surface area contributed by atoms with Crippen LogP contribution in [-0.4, -0.2) is 92.8 Å². The first kappa shape index (κ1) is 23.8. The van der Waals surface area contributed by atoms with Crippen LogP contribution in [0, 0.1) is 20.8 Å². The van der Waals surface area contributed by atoms with E-state index in [1.165, 1.54) is 23.7 Å². The van der Waals surface area contributed by atoms with Gasteiger partial charge in [-0.05, 0) is 57.2 Å². The lowest BCUT2D eigenvalue weighted by Gasteiger charge is -2.36. The fourth-order valence-electron chi connectivity index (χ4n) is 4.48. The zero-order valence-corrected chi connectivity index (χ0v) is 20.7. The molecule has 33 heavy (non-hydrogen) atoms. The normalized spacial score (nSPS) is 17.4. The van der Waals surface area contributed by atoms with E-state index in [9.17, 15) is 9.59 Å². The third kappa shape index (κ3) is 5.76. The number of aromatic nitrogens is 3. The molecular formula is C24H34N6O2S. The maximum absolute atomic E-state index is 12.9. The monoisotopic (exact) mass is 470 g/mol. The molecule has 1 aromatic heterocycles. The topological polar surface area (TPSA) is 74.6 Å². The van der Waals surface area contributed by atoms with Crippen LogP contribution in [0.3, 0.4) is 0 Å². The van der Waals surface area contributed by atoms with Gasteiger partial charge in [0.1, 0.15) is 5.82 Å². The summed E-state index contributed by atoms with van der Waals surface area (Å²) in [5.41, 5.74) is 3.37. The third-order valence-electron chi connectivity index (χ3n) is 6.52. The lowest BCUT2D eigenvalue weighted by atomic mass is 10.1. The predicted molar refractivity (Wildman–Crippen MR) is 130 cm³/mol. The Bertz CT molecular complexity index is 993. The molecule has 8 nitrogen and oxygen atoms in total. The van der Waals surface area contributed by atoms with Crippen LogP contribution in [0.4, 0.5) is 0 Å². The quantitative estimate of drug-likeness (QED) is 0.604. The number of piperidine rings is 1. The van der Waals surface area contributed by atoms with Crippen molar-refractivity contribution in [2.75, 3.05) is 51.6 Å². The van der Waals surface area contributed by atoms with Crippen molar-refractivity contribution in [3.63, 3.8) is 0 Å². The van der Waals surface area contributed by atoms with Crippen molar-refractivity contribution < 1.29 is 9.59 Å². The van der Waals surface area contributed by atoms with Crippen LogP contribution in [0.5, 0.6) is 0 Å². The fraction of sp³-hybridized carbons (Fsp3) is 0.583. The number of hydrogen-bond acceptors (Lipinski definition) is 6. The van der Waals surface area contributed by atoms with Crippen LogP contribution >= 0.6 is 11.8 Å². The third-order valence-corrected chi connectivity index (χ3v) is 7.43. The highest BCUT2D eigenvalue weighted by atomic mass is 32.2. The van der Waals surface area contributed by atoms with Crippen LogP contribution in [0.1, 0.15) is 36.2 Å². The molecule has 2 aliphatic rings. The van der Waals surface area contributed by atoms with Gasteiger partial charge in [-0.3, -0.25) is 19.1 Å². The summed E-state index contributed by atoms with van der Waals surface area (Å²) in [7, 11) is 0. The Morgan fingerprint density at radius 3 is 2.30 bits per heavy atom. The Kier molecular flexibility index (Phi) is 7.70. The Balaban J connectivity index is 1.29. The first-order chi connectivity index (χ1) is 15.9. The number of piperazine rings is 1. The lowest BCUT2D eigenvalue weighted by molar-refractivity contribution is -0.134. The second-order valence-corrected chi connectivity index (χ2v) is 9.98. The molecule has 2 aliphatic heterocycles. The van der Waals surface area contributed by atoms with Crippen molar-refractivity contribution in [3.05, 3.63) is 35.2 Å². The first-order valence-corrected chi connectivity index (χ1v) is 12.8. The van der Waals surface area contributed by atoms with E-state index in [4.69, 9.17) is 0 Å². The van der Waals surface area contributed by atoms with Gasteiger partial charge in [0.05, 0.1) is 18.0 Å². The average Bonchev–Trinajstić information content (AvgIpc) is 3.20. The van der Waals surface area contributed by atoms with Crippen molar-refractivity contribution in [2.24, 2.45) is 0 Å². The number of carbonyl (C=O) groups excluding carboxylic acids is 2. The maximum Gasteiger partial charge on any atom is 0.236 e. The van der Waals surface area contributed by atoms with E-state index in [2.05, 4.69) is 47.1 Å². The zero-order chi connectivity index (χ0) is 23.4. The Morgan fingerprint density at radius 2 is 1.58 bits per heavy atom. The molecule has 0 spiro atoms. The summed E-state index contributed by atoms with van der Waals surface area (Å²) in [4.78, 5) is 31.5. The van der Waals surface area contributed by atoms with Crippen molar-refractivity contribution in [1.29, 1.82) is 0 Å². The van der Waals surface area contributed by atoms with E-state index in [1.54, 1.807) is 0 Å². The predicted octanol–water partition coefficient (Wildman–Crippen LogP) is 2.44. The first-order valence-electron chi connectivity index (χ1n) is 11.8. The maximum atomic E-state index is 12.9.